The molecule has 0 saturated heterocycles. The van der Waals surface area contributed by atoms with E-state index in [9.17, 15) is 9.59 Å². The molecule has 0 atom stereocenters. The van der Waals surface area contributed by atoms with Crippen LogP contribution in [0.3, 0.4) is 0 Å². The summed E-state index contributed by atoms with van der Waals surface area (Å²) in [7, 11) is 8.15. The SMILES string of the molecule is CCCCCSNC(=O)SSSSSSC(=O)NSCCCCC. The predicted octanol–water partition coefficient (Wildman–Crippen LogP) is 8.06. The molecule has 0 saturated carbocycles. The van der Waals surface area contributed by atoms with Gasteiger partial charge >= 0.3 is 0 Å². The number of rotatable bonds is 15. The Kier molecular flexibility index (Phi) is 22.6. The molecular weight excluding hydrogens is 461 g/mol. The standard InChI is InChI=1S/C12H24N2O2S8/c1-3-5-7-9-17-13-11(15)19-21-23-24-22-20-12(16)14-18-10-8-6-4-2/h3-10H2,1-2H3,(H,13,15)(H,14,16). The van der Waals surface area contributed by atoms with Gasteiger partial charge < -0.3 is 0 Å². The molecule has 0 heterocycles. The van der Waals surface area contributed by atoms with Crippen molar-refractivity contribution in [1.29, 1.82) is 0 Å². The first kappa shape index (κ1) is 25.7. The minimum Gasteiger partial charge on any atom is -0.290 e. The van der Waals surface area contributed by atoms with Crippen molar-refractivity contribution in [3.63, 3.8) is 0 Å². The average Bonchev–Trinajstić information content (AvgIpc) is 2.57. The molecule has 0 bridgehead atoms. The molecule has 0 aromatic heterocycles. The summed E-state index contributed by atoms with van der Waals surface area (Å²) in [5, 5.41) is -0.0676. The second-order valence-corrected chi connectivity index (χ2v) is 15.3. The van der Waals surface area contributed by atoms with Crippen molar-refractivity contribution in [2.45, 2.75) is 52.4 Å². The minimum atomic E-state index is -0.0338. The van der Waals surface area contributed by atoms with Gasteiger partial charge in [-0.25, -0.2) is 0 Å². The first-order chi connectivity index (χ1) is 11.7. The summed E-state index contributed by atoms with van der Waals surface area (Å²) >= 11 is 2.94. The maximum Gasteiger partial charge on any atom is 0.300 e. The number of amides is 2. The zero-order valence-electron chi connectivity index (χ0n) is 13.7. The van der Waals surface area contributed by atoms with E-state index in [-0.39, 0.29) is 10.5 Å². The highest BCUT2D eigenvalue weighted by Gasteiger charge is 2.06. The van der Waals surface area contributed by atoms with Gasteiger partial charge in [-0.2, -0.15) is 0 Å². The lowest BCUT2D eigenvalue weighted by Crippen LogP contribution is -2.08. The maximum atomic E-state index is 11.5. The number of hydrogen-bond donors (Lipinski definition) is 2. The Bertz CT molecular complexity index is 295. The lowest BCUT2D eigenvalue weighted by Gasteiger charge is -2.03. The molecule has 0 radical (unpaired) electrons. The second kappa shape index (κ2) is 21.0. The molecule has 0 unspecified atom stereocenters. The third-order valence-corrected chi connectivity index (χ3v) is 14.1. The second-order valence-electron chi connectivity index (χ2n) is 4.33. The number of hydrogen-bond acceptors (Lipinski definition) is 10. The predicted molar refractivity (Wildman–Crippen MR) is 127 cm³/mol. The molecule has 12 heteroatoms. The van der Waals surface area contributed by atoms with Crippen molar-refractivity contribution in [3.8, 4) is 0 Å². The quantitative estimate of drug-likeness (QED) is 0.135. The molecular formula is C12H24N2O2S8. The third-order valence-electron chi connectivity index (χ3n) is 2.31. The van der Waals surface area contributed by atoms with Crippen molar-refractivity contribution >= 4 is 95.3 Å². The fraction of sp³-hybridized carbons (Fsp3) is 0.833. The van der Waals surface area contributed by atoms with Crippen LogP contribution in [0.4, 0.5) is 9.59 Å². The summed E-state index contributed by atoms with van der Waals surface area (Å²) < 4.78 is 5.61. The van der Waals surface area contributed by atoms with E-state index in [1.165, 1.54) is 110 Å². The molecule has 0 rings (SSSR count). The van der Waals surface area contributed by atoms with Gasteiger partial charge in [-0.1, -0.05) is 39.5 Å². The van der Waals surface area contributed by atoms with Crippen LogP contribution in [0.25, 0.3) is 0 Å². The van der Waals surface area contributed by atoms with Crippen LogP contribution in [-0.2, 0) is 0 Å². The maximum absolute atomic E-state index is 11.5. The normalized spacial score (nSPS) is 10.6. The van der Waals surface area contributed by atoms with E-state index in [1.54, 1.807) is 0 Å². The van der Waals surface area contributed by atoms with Crippen LogP contribution in [0, 0.1) is 0 Å². The van der Waals surface area contributed by atoms with Gasteiger partial charge in [-0.3, -0.25) is 19.0 Å². The number of carbonyl (C=O) groups excluding carboxylic acids is 2. The Balaban J connectivity index is 3.28. The average molecular weight is 485 g/mol. The van der Waals surface area contributed by atoms with Crippen molar-refractivity contribution in [2.75, 3.05) is 11.5 Å². The molecule has 2 amide bonds. The third kappa shape index (κ3) is 20.1. The van der Waals surface area contributed by atoms with E-state index in [0.29, 0.717) is 0 Å². The number of carbonyl (C=O) groups is 2. The van der Waals surface area contributed by atoms with Crippen LogP contribution >= 0.6 is 84.8 Å². The minimum absolute atomic E-state index is 0.0338. The van der Waals surface area contributed by atoms with Gasteiger partial charge in [0.05, 0.1) is 0 Å². The Morgan fingerprint density at radius 1 is 0.667 bits per heavy atom. The molecule has 4 nitrogen and oxygen atoms in total. The first-order valence-electron chi connectivity index (χ1n) is 7.55. The van der Waals surface area contributed by atoms with E-state index in [0.717, 1.165) is 24.3 Å². The highest BCUT2D eigenvalue weighted by atomic mass is 33.9. The van der Waals surface area contributed by atoms with Crippen LogP contribution in [-0.4, -0.2) is 22.0 Å². The van der Waals surface area contributed by atoms with E-state index in [1.807, 2.05) is 0 Å². The van der Waals surface area contributed by atoms with Crippen LogP contribution in [0.1, 0.15) is 52.4 Å². The molecule has 0 aromatic carbocycles. The molecule has 2 N–H and O–H groups in total. The lowest BCUT2D eigenvalue weighted by molar-refractivity contribution is 0.264. The smallest absolute Gasteiger partial charge is 0.290 e. The van der Waals surface area contributed by atoms with Crippen LogP contribution < -0.4 is 9.44 Å². The van der Waals surface area contributed by atoms with E-state index >= 15 is 0 Å². The van der Waals surface area contributed by atoms with Gasteiger partial charge in [-0.15, -0.1) is 0 Å². The van der Waals surface area contributed by atoms with Gasteiger partial charge in [0.2, 0.25) is 0 Å². The summed E-state index contributed by atoms with van der Waals surface area (Å²) in [4.78, 5) is 23.0. The lowest BCUT2D eigenvalue weighted by atomic mass is 10.3. The Labute approximate surface area is 176 Å². The van der Waals surface area contributed by atoms with E-state index in [4.69, 9.17) is 0 Å². The number of nitrogens with one attached hydrogen (secondary N) is 2. The van der Waals surface area contributed by atoms with Crippen LogP contribution in [0.15, 0.2) is 0 Å². The zero-order valence-corrected chi connectivity index (χ0v) is 20.3. The summed E-state index contributed by atoms with van der Waals surface area (Å²) in [6.07, 6.45) is 7.07. The number of unbranched alkanes of at least 4 members (excludes halogenated alkanes) is 4. The fourth-order valence-corrected chi connectivity index (χ4v) is 12.9. The fourth-order valence-electron chi connectivity index (χ4n) is 1.21. The van der Waals surface area contributed by atoms with Gasteiger partial charge in [-0.05, 0) is 76.0 Å². The molecule has 0 aliphatic carbocycles. The summed E-state index contributed by atoms with van der Waals surface area (Å²) in [6.45, 7) is 4.33. The van der Waals surface area contributed by atoms with Gasteiger partial charge in [0.1, 0.15) is 0 Å². The molecule has 0 aromatic rings. The van der Waals surface area contributed by atoms with E-state index in [2.05, 4.69) is 23.3 Å². The molecule has 0 aliphatic rings. The Hall–Kier alpha value is 1.74. The van der Waals surface area contributed by atoms with E-state index < -0.39 is 0 Å². The van der Waals surface area contributed by atoms with Gasteiger partial charge in [0.25, 0.3) is 10.5 Å². The Morgan fingerprint density at radius 2 is 1.08 bits per heavy atom. The highest BCUT2D eigenvalue weighted by Crippen LogP contribution is 2.52. The summed E-state index contributed by atoms with van der Waals surface area (Å²) in [6, 6.07) is 0. The molecule has 0 spiro atoms. The van der Waals surface area contributed by atoms with Crippen LogP contribution in [0.5, 0.6) is 0 Å². The molecule has 0 fully saturated rings. The van der Waals surface area contributed by atoms with Gasteiger partial charge in [0.15, 0.2) is 0 Å². The van der Waals surface area contributed by atoms with Crippen LogP contribution in [0.2, 0.25) is 0 Å². The van der Waals surface area contributed by atoms with Crippen molar-refractivity contribution in [2.24, 2.45) is 0 Å². The van der Waals surface area contributed by atoms with Crippen molar-refractivity contribution in [1.82, 2.24) is 9.44 Å². The van der Waals surface area contributed by atoms with Gasteiger partial charge in [0, 0.05) is 33.1 Å². The van der Waals surface area contributed by atoms with Crippen molar-refractivity contribution in [3.05, 3.63) is 0 Å². The summed E-state index contributed by atoms with van der Waals surface area (Å²) in [5.41, 5.74) is 0. The monoisotopic (exact) mass is 484 g/mol. The zero-order chi connectivity index (χ0) is 17.9. The molecule has 142 valence electrons. The largest absolute Gasteiger partial charge is 0.300 e. The van der Waals surface area contributed by atoms with Crippen molar-refractivity contribution < 1.29 is 9.59 Å². The summed E-state index contributed by atoms with van der Waals surface area (Å²) in [5.74, 6) is 1.93. The Morgan fingerprint density at radius 3 is 1.46 bits per heavy atom. The first-order valence-corrected chi connectivity index (χ1v) is 17.0. The molecule has 0 aliphatic heterocycles. The topological polar surface area (TPSA) is 58.2 Å². The molecule has 24 heavy (non-hydrogen) atoms. The highest BCUT2D eigenvalue weighted by molar-refractivity contribution is 9.43.